The van der Waals surface area contributed by atoms with Crippen molar-refractivity contribution in [1.82, 2.24) is 5.32 Å². The number of carbonyl (C=O) groups is 1. The summed E-state index contributed by atoms with van der Waals surface area (Å²) in [6.07, 6.45) is 4.35. The van der Waals surface area contributed by atoms with Crippen molar-refractivity contribution >= 4 is 17.5 Å². The zero-order chi connectivity index (χ0) is 9.68. The van der Waals surface area contributed by atoms with Crippen LogP contribution in [0.4, 0.5) is 0 Å². The van der Waals surface area contributed by atoms with E-state index in [9.17, 15) is 4.79 Å². The number of alkyl halides is 1. The van der Waals surface area contributed by atoms with E-state index < -0.39 is 0 Å². The van der Waals surface area contributed by atoms with E-state index in [1.54, 1.807) is 0 Å². The van der Waals surface area contributed by atoms with E-state index in [0.29, 0.717) is 17.7 Å². The van der Waals surface area contributed by atoms with Crippen LogP contribution >= 0.6 is 11.6 Å². The van der Waals surface area contributed by atoms with Crippen molar-refractivity contribution in [3.05, 3.63) is 0 Å². The summed E-state index contributed by atoms with van der Waals surface area (Å²) in [5.74, 6) is 1.73. The maximum Gasteiger partial charge on any atom is 0.223 e. The Morgan fingerprint density at radius 1 is 1.62 bits per heavy atom. The molecule has 76 valence electrons. The summed E-state index contributed by atoms with van der Waals surface area (Å²) < 4.78 is 0. The lowest BCUT2D eigenvalue weighted by Crippen LogP contribution is -2.36. The molecule has 13 heavy (non-hydrogen) atoms. The van der Waals surface area contributed by atoms with Gasteiger partial charge in [0.2, 0.25) is 5.91 Å². The fourth-order valence-electron chi connectivity index (χ4n) is 1.38. The minimum atomic E-state index is 0.243. The maximum absolute atomic E-state index is 11.4. The largest absolute Gasteiger partial charge is 0.356 e. The fraction of sp³-hybridized carbons (Fsp3) is 0.900. The minimum Gasteiger partial charge on any atom is -0.356 e. The first-order valence-corrected chi connectivity index (χ1v) is 5.61. The van der Waals surface area contributed by atoms with Crippen LogP contribution in [-0.4, -0.2) is 18.3 Å². The highest BCUT2D eigenvalue weighted by Crippen LogP contribution is 2.26. The van der Waals surface area contributed by atoms with Gasteiger partial charge in [-0.15, -0.1) is 11.6 Å². The van der Waals surface area contributed by atoms with Gasteiger partial charge in [0, 0.05) is 18.3 Å². The molecule has 1 saturated carbocycles. The van der Waals surface area contributed by atoms with Crippen molar-refractivity contribution in [3.63, 3.8) is 0 Å². The molecule has 1 aliphatic rings. The van der Waals surface area contributed by atoms with Crippen LogP contribution in [0, 0.1) is 11.8 Å². The molecule has 0 spiro atoms. The molecule has 0 aromatic carbocycles. The average molecular weight is 204 g/mol. The molecule has 1 fully saturated rings. The van der Waals surface area contributed by atoms with E-state index in [1.165, 1.54) is 6.42 Å². The number of hydrogen-bond donors (Lipinski definition) is 1. The van der Waals surface area contributed by atoms with Crippen LogP contribution < -0.4 is 5.32 Å². The van der Waals surface area contributed by atoms with E-state index in [-0.39, 0.29) is 5.91 Å². The SMILES string of the molecule is CC(CCCl)CNC(=O)C1CCC1. The Morgan fingerprint density at radius 2 is 2.31 bits per heavy atom. The predicted molar refractivity (Wildman–Crippen MR) is 54.9 cm³/mol. The van der Waals surface area contributed by atoms with Crippen LogP contribution in [0.25, 0.3) is 0 Å². The van der Waals surface area contributed by atoms with Crippen LogP contribution in [0.3, 0.4) is 0 Å². The van der Waals surface area contributed by atoms with Gasteiger partial charge in [0.25, 0.3) is 0 Å². The normalized spacial score (nSPS) is 19.2. The highest BCUT2D eigenvalue weighted by Gasteiger charge is 2.24. The molecular weight excluding hydrogens is 186 g/mol. The number of hydrogen-bond acceptors (Lipinski definition) is 1. The van der Waals surface area contributed by atoms with Crippen LogP contribution in [0.1, 0.15) is 32.6 Å². The Kier molecular flexibility index (Phi) is 4.57. The van der Waals surface area contributed by atoms with Crippen LogP contribution in [-0.2, 0) is 4.79 Å². The lowest BCUT2D eigenvalue weighted by atomic mass is 9.85. The summed E-state index contributed by atoms with van der Waals surface area (Å²) >= 11 is 5.60. The van der Waals surface area contributed by atoms with E-state index in [1.807, 2.05) is 0 Å². The van der Waals surface area contributed by atoms with E-state index in [0.717, 1.165) is 25.8 Å². The Labute approximate surface area is 85.0 Å². The topological polar surface area (TPSA) is 29.1 Å². The van der Waals surface area contributed by atoms with Gasteiger partial charge in [-0.1, -0.05) is 13.3 Å². The van der Waals surface area contributed by atoms with Gasteiger partial charge in [0.1, 0.15) is 0 Å². The lowest BCUT2D eigenvalue weighted by Gasteiger charge is -2.24. The van der Waals surface area contributed by atoms with Crippen molar-refractivity contribution in [1.29, 1.82) is 0 Å². The van der Waals surface area contributed by atoms with E-state index >= 15 is 0 Å². The first-order valence-electron chi connectivity index (χ1n) is 5.07. The summed E-state index contributed by atoms with van der Waals surface area (Å²) in [5, 5.41) is 2.97. The molecule has 1 aliphatic carbocycles. The Bertz CT molecular complexity index is 168. The second-order valence-electron chi connectivity index (χ2n) is 3.96. The predicted octanol–water partition coefficient (Wildman–Crippen LogP) is 2.17. The standard InChI is InChI=1S/C10H18ClNO/c1-8(5-6-11)7-12-10(13)9-3-2-4-9/h8-9H,2-7H2,1H3,(H,12,13). The van der Waals surface area contributed by atoms with Gasteiger partial charge in [0.15, 0.2) is 0 Å². The van der Waals surface area contributed by atoms with Gasteiger partial charge in [-0.3, -0.25) is 4.79 Å². The summed E-state index contributed by atoms with van der Waals surface area (Å²) in [6, 6.07) is 0. The molecule has 1 rings (SSSR count). The molecule has 1 unspecified atom stereocenters. The molecule has 1 amide bonds. The first kappa shape index (κ1) is 10.8. The first-order chi connectivity index (χ1) is 6.24. The van der Waals surface area contributed by atoms with Gasteiger partial charge < -0.3 is 5.32 Å². The number of amides is 1. The van der Waals surface area contributed by atoms with Gasteiger partial charge in [0.05, 0.1) is 0 Å². The van der Waals surface area contributed by atoms with Crippen LogP contribution in [0.15, 0.2) is 0 Å². The van der Waals surface area contributed by atoms with E-state index in [2.05, 4.69) is 12.2 Å². The third kappa shape index (κ3) is 3.55. The average Bonchev–Trinajstić information content (AvgIpc) is 1.98. The summed E-state index contributed by atoms with van der Waals surface area (Å²) in [7, 11) is 0. The van der Waals surface area contributed by atoms with Gasteiger partial charge in [-0.05, 0) is 25.2 Å². The van der Waals surface area contributed by atoms with Crippen molar-refractivity contribution < 1.29 is 4.79 Å². The highest BCUT2D eigenvalue weighted by atomic mass is 35.5. The van der Waals surface area contributed by atoms with Gasteiger partial charge in [-0.2, -0.15) is 0 Å². The third-order valence-corrected chi connectivity index (χ3v) is 2.92. The van der Waals surface area contributed by atoms with Gasteiger partial charge >= 0.3 is 0 Å². The molecular formula is C10H18ClNO. The molecule has 0 bridgehead atoms. The number of carbonyl (C=O) groups excluding carboxylic acids is 1. The smallest absolute Gasteiger partial charge is 0.223 e. The Balaban J connectivity index is 2.06. The lowest BCUT2D eigenvalue weighted by molar-refractivity contribution is -0.127. The van der Waals surface area contributed by atoms with Crippen LogP contribution in [0.2, 0.25) is 0 Å². The molecule has 0 heterocycles. The second-order valence-corrected chi connectivity index (χ2v) is 4.33. The third-order valence-electron chi connectivity index (χ3n) is 2.70. The van der Waals surface area contributed by atoms with E-state index in [4.69, 9.17) is 11.6 Å². The molecule has 0 radical (unpaired) electrons. The number of halogens is 1. The molecule has 0 aromatic heterocycles. The molecule has 2 nitrogen and oxygen atoms in total. The minimum absolute atomic E-state index is 0.243. The summed E-state index contributed by atoms with van der Waals surface area (Å²) in [5.41, 5.74) is 0. The molecule has 3 heteroatoms. The maximum atomic E-state index is 11.4. The molecule has 0 saturated heterocycles. The molecule has 1 atom stereocenters. The zero-order valence-corrected chi connectivity index (χ0v) is 8.94. The summed E-state index contributed by atoms with van der Waals surface area (Å²) in [6.45, 7) is 2.89. The van der Waals surface area contributed by atoms with Gasteiger partial charge in [-0.25, -0.2) is 0 Å². The molecule has 1 N–H and O–H groups in total. The van der Waals surface area contributed by atoms with Crippen molar-refractivity contribution in [2.24, 2.45) is 11.8 Å². The van der Waals surface area contributed by atoms with Crippen LogP contribution in [0.5, 0.6) is 0 Å². The Morgan fingerprint density at radius 3 is 2.77 bits per heavy atom. The Hall–Kier alpha value is -0.240. The zero-order valence-electron chi connectivity index (χ0n) is 8.18. The number of nitrogens with one attached hydrogen (secondary N) is 1. The molecule has 0 aliphatic heterocycles. The number of rotatable bonds is 5. The fourth-order valence-corrected chi connectivity index (χ4v) is 1.75. The highest BCUT2D eigenvalue weighted by molar-refractivity contribution is 6.17. The monoisotopic (exact) mass is 203 g/mol. The second kappa shape index (κ2) is 5.48. The van der Waals surface area contributed by atoms with Crippen molar-refractivity contribution in [2.75, 3.05) is 12.4 Å². The molecule has 0 aromatic rings. The van der Waals surface area contributed by atoms with Crippen molar-refractivity contribution in [3.8, 4) is 0 Å². The summed E-state index contributed by atoms with van der Waals surface area (Å²) in [4.78, 5) is 11.4. The van der Waals surface area contributed by atoms with Crippen molar-refractivity contribution in [2.45, 2.75) is 32.6 Å². The quantitative estimate of drug-likeness (QED) is 0.682.